The van der Waals surface area contributed by atoms with Crippen LogP contribution in [0.5, 0.6) is 0 Å². The van der Waals surface area contributed by atoms with E-state index in [0.29, 0.717) is 16.8 Å². The minimum atomic E-state index is -0.905. The molecule has 2 aliphatic rings. The zero-order chi connectivity index (χ0) is 22.3. The zero-order valence-electron chi connectivity index (χ0n) is 16.5. The number of nitrogens with zero attached hydrogens (tertiary/aromatic N) is 2. The van der Waals surface area contributed by atoms with Gasteiger partial charge in [-0.3, -0.25) is 14.9 Å². The van der Waals surface area contributed by atoms with Gasteiger partial charge in [-0.05, 0) is 67.3 Å². The van der Waals surface area contributed by atoms with Gasteiger partial charge in [-0.2, -0.15) is 0 Å². The van der Waals surface area contributed by atoms with E-state index in [1.165, 1.54) is 30.3 Å². The first kappa shape index (κ1) is 21.3. The minimum absolute atomic E-state index is 0.151. The highest BCUT2D eigenvalue weighted by Gasteiger charge is 2.37. The Morgan fingerprint density at radius 3 is 2.42 bits per heavy atom. The molecule has 0 spiro atoms. The fourth-order valence-electron chi connectivity index (χ4n) is 3.71. The molecule has 9 heteroatoms. The molecule has 2 fully saturated rings. The summed E-state index contributed by atoms with van der Waals surface area (Å²) >= 11 is 11.9. The van der Waals surface area contributed by atoms with Crippen molar-refractivity contribution >= 4 is 58.5 Å². The summed E-state index contributed by atoms with van der Waals surface area (Å²) in [6, 6.07) is 6.34. The highest BCUT2D eigenvalue weighted by molar-refractivity contribution is 6.43. The Hall–Kier alpha value is -2.90. The first-order valence-corrected chi connectivity index (χ1v) is 10.4. The second-order valence-corrected chi connectivity index (χ2v) is 8.23. The van der Waals surface area contributed by atoms with Crippen LogP contribution in [0.1, 0.15) is 24.0 Å². The van der Waals surface area contributed by atoms with Gasteiger partial charge in [0.2, 0.25) is 0 Å². The van der Waals surface area contributed by atoms with Crippen molar-refractivity contribution in [3.8, 4) is 0 Å². The maximum atomic E-state index is 14.8. The molecule has 160 valence electrons. The molecule has 31 heavy (non-hydrogen) atoms. The second kappa shape index (κ2) is 8.32. The molecule has 0 atom stereocenters. The number of halogens is 3. The lowest BCUT2D eigenvalue weighted by Gasteiger charge is -2.26. The van der Waals surface area contributed by atoms with Crippen LogP contribution in [-0.4, -0.2) is 30.9 Å². The molecule has 6 nitrogen and oxygen atoms in total. The average molecular weight is 462 g/mol. The Bertz CT molecular complexity index is 1140. The molecular weight excluding hydrogens is 444 g/mol. The smallest absolute Gasteiger partial charge is 0.335 e. The Kier molecular flexibility index (Phi) is 5.73. The van der Waals surface area contributed by atoms with Gasteiger partial charge in [0.05, 0.1) is 21.4 Å². The first-order valence-electron chi connectivity index (χ1n) is 9.68. The van der Waals surface area contributed by atoms with Crippen LogP contribution in [0.15, 0.2) is 35.9 Å². The van der Waals surface area contributed by atoms with Gasteiger partial charge in [-0.1, -0.05) is 23.2 Å². The Morgan fingerprint density at radius 1 is 1.03 bits per heavy atom. The third-order valence-corrected chi connectivity index (χ3v) is 6.08. The molecular formula is C22H18Cl2FN3O3. The standard InChI is InChI=1S/C22H18Cl2FN3O3/c1-12-8-19(27-6-2-3-7-27)18(25)10-13(12)9-15-20(29)26-22(31)28(21(15)30)14-4-5-16(23)17(24)11-14/h4-5,8-11H,2-3,6-7H2,1H3,(H,26,29,31). The molecule has 0 radical (unpaired) electrons. The molecule has 4 rings (SSSR count). The van der Waals surface area contributed by atoms with Gasteiger partial charge in [0.15, 0.2) is 0 Å². The predicted molar refractivity (Wildman–Crippen MR) is 118 cm³/mol. The van der Waals surface area contributed by atoms with E-state index in [4.69, 9.17) is 23.2 Å². The highest BCUT2D eigenvalue weighted by Crippen LogP contribution is 2.31. The van der Waals surface area contributed by atoms with Crippen LogP contribution in [0.25, 0.3) is 6.08 Å². The van der Waals surface area contributed by atoms with Crippen LogP contribution in [0.3, 0.4) is 0 Å². The molecule has 0 saturated carbocycles. The molecule has 4 amide bonds. The van der Waals surface area contributed by atoms with Crippen LogP contribution in [0.4, 0.5) is 20.6 Å². The zero-order valence-corrected chi connectivity index (χ0v) is 18.1. The Balaban J connectivity index is 1.71. The van der Waals surface area contributed by atoms with E-state index in [2.05, 4.69) is 5.32 Å². The number of carbonyl (C=O) groups is 3. The molecule has 0 aliphatic carbocycles. The third kappa shape index (κ3) is 4.03. The van der Waals surface area contributed by atoms with E-state index in [1.807, 2.05) is 4.90 Å². The summed E-state index contributed by atoms with van der Waals surface area (Å²) in [5, 5.41) is 2.54. The van der Waals surface area contributed by atoms with Crippen molar-refractivity contribution in [2.75, 3.05) is 22.9 Å². The lowest BCUT2D eigenvalue weighted by atomic mass is 10.0. The quantitative estimate of drug-likeness (QED) is 0.530. The molecule has 0 bridgehead atoms. The largest absolute Gasteiger partial charge is 0.369 e. The highest BCUT2D eigenvalue weighted by atomic mass is 35.5. The van der Waals surface area contributed by atoms with Crippen LogP contribution < -0.4 is 15.1 Å². The second-order valence-electron chi connectivity index (χ2n) is 7.41. The first-order chi connectivity index (χ1) is 14.8. The van der Waals surface area contributed by atoms with E-state index in [9.17, 15) is 18.8 Å². The number of nitrogens with one attached hydrogen (secondary N) is 1. The summed E-state index contributed by atoms with van der Waals surface area (Å²) in [6.45, 7) is 3.36. The average Bonchev–Trinajstić information content (AvgIpc) is 3.24. The van der Waals surface area contributed by atoms with Crippen LogP contribution in [0, 0.1) is 12.7 Å². The fraction of sp³-hybridized carbons (Fsp3) is 0.227. The molecule has 2 aromatic carbocycles. The number of carbonyl (C=O) groups excluding carboxylic acids is 3. The normalized spacial score (nSPS) is 18.2. The third-order valence-electron chi connectivity index (χ3n) is 5.35. The molecule has 2 saturated heterocycles. The number of imide groups is 2. The number of aryl methyl sites for hydroxylation is 1. The van der Waals surface area contributed by atoms with E-state index in [-0.39, 0.29) is 21.3 Å². The van der Waals surface area contributed by atoms with E-state index in [0.717, 1.165) is 30.8 Å². The number of benzene rings is 2. The SMILES string of the molecule is Cc1cc(N2CCCC2)c(F)cc1C=C1C(=O)NC(=O)N(c2ccc(Cl)c(Cl)c2)C1=O. The summed E-state index contributed by atoms with van der Waals surface area (Å²) in [5.74, 6) is -2.12. The van der Waals surface area contributed by atoms with Crippen molar-refractivity contribution in [2.24, 2.45) is 0 Å². The Morgan fingerprint density at radius 2 is 1.74 bits per heavy atom. The van der Waals surface area contributed by atoms with E-state index < -0.39 is 23.7 Å². The Labute approximate surface area is 188 Å². The van der Waals surface area contributed by atoms with Crippen molar-refractivity contribution in [2.45, 2.75) is 19.8 Å². The van der Waals surface area contributed by atoms with Gasteiger partial charge in [0.25, 0.3) is 11.8 Å². The lowest BCUT2D eigenvalue weighted by Crippen LogP contribution is -2.54. The van der Waals surface area contributed by atoms with Gasteiger partial charge in [-0.15, -0.1) is 0 Å². The van der Waals surface area contributed by atoms with E-state index >= 15 is 0 Å². The number of hydrogen-bond acceptors (Lipinski definition) is 4. The summed E-state index contributed by atoms with van der Waals surface area (Å²) < 4.78 is 14.8. The monoisotopic (exact) mass is 461 g/mol. The summed E-state index contributed by atoms with van der Waals surface area (Å²) in [7, 11) is 0. The number of rotatable bonds is 3. The van der Waals surface area contributed by atoms with Gasteiger partial charge < -0.3 is 4.90 Å². The van der Waals surface area contributed by atoms with Gasteiger partial charge in [-0.25, -0.2) is 14.1 Å². The summed E-state index contributed by atoms with van der Waals surface area (Å²) in [5.41, 5.74) is 1.45. The molecule has 1 N–H and O–H groups in total. The number of hydrogen-bond donors (Lipinski definition) is 1. The van der Waals surface area contributed by atoms with Gasteiger partial charge >= 0.3 is 6.03 Å². The predicted octanol–water partition coefficient (Wildman–Crippen LogP) is 4.71. The molecule has 2 aliphatic heterocycles. The fourth-order valence-corrected chi connectivity index (χ4v) is 4.00. The van der Waals surface area contributed by atoms with Crippen molar-refractivity contribution in [3.05, 3.63) is 62.9 Å². The number of anilines is 2. The van der Waals surface area contributed by atoms with Crippen LogP contribution in [-0.2, 0) is 9.59 Å². The number of urea groups is 1. The van der Waals surface area contributed by atoms with Crippen LogP contribution in [0.2, 0.25) is 10.0 Å². The van der Waals surface area contributed by atoms with Crippen molar-refractivity contribution in [1.82, 2.24) is 5.32 Å². The number of barbiturate groups is 1. The molecule has 0 aromatic heterocycles. The maximum absolute atomic E-state index is 14.8. The molecule has 2 aromatic rings. The van der Waals surface area contributed by atoms with Crippen molar-refractivity contribution < 1.29 is 18.8 Å². The number of amides is 4. The van der Waals surface area contributed by atoms with E-state index in [1.54, 1.807) is 13.0 Å². The minimum Gasteiger partial charge on any atom is -0.369 e. The van der Waals surface area contributed by atoms with Gasteiger partial charge in [0.1, 0.15) is 11.4 Å². The lowest BCUT2D eigenvalue weighted by molar-refractivity contribution is -0.122. The van der Waals surface area contributed by atoms with Crippen molar-refractivity contribution in [1.29, 1.82) is 0 Å². The topological polar surface area (TPSA) is 69.7 Å². The molecule has 0 unspecified atom stereocenters. The van der Waals surface area contributed by atoms with Crippen molar-refractivity contribution in [3.63, 3.8) is 0 Å². The van der Waals surface area contributed by atoms with Crippen LogP contribution >= 0.6 is 23.2 Å². The maximum Gasteiger partial charge on any atom is 0.335 e. The summed E-state index contributed by atoms with van der Waals surface area (Å²) in [4.78, 5) is 40.5. The van der Waals surface area contributed by atoms with Gasteiger partial charge in [0, 0.05) is 13.1 Å². The molecule has 2 heterocycles. The summed E-state index contributed by atoms with van der Waals surface area (Å²) in [6.07, 6.45) is 3.32.